The lowest BCUT2D eigenvalue weighted by atomic mass is 10.2. The first-order valence-corrected chi connectivity index (χ1v) is 9.10. The van der Waals surface area contributed by atoms with Crippen molar-refractivity contribution in [3.05, 3.63) is 49.6 Å². The Kier molecular flexibility index (Phi) is 5.76. The first-order chi connectivity index (χ1) is 13.4. The van der Waals surface area contributed by atoms with E-state index in [0.29, 0.717) is 46.4 Å². The number of benzene rings is 1. The lowest BCUT2D eigenvalue weighted by Gasteiger charge is -2.10. The maximum Gasteiger partial charge on any atom is 0.332 e. The van der Waals surface area contributed by atoms with E-state index >= 15 is 0 Å². The molecule has 2 aromatic heterocycles. The lowest BCUT2D eigenvalue weighted by molar-refractivity contribution is 0.292. The largest absolute Gasteiger partial charge is 0.495 e. The van der Waals surface area contributed by atoms with Crippen LogP contribution < -0.4 is 21.3 Å². The third-order valence-electron chi connectivity index (χ3n) is 4.53. The molecule has 10 heteroatoms. The monoisotopic (exact) mass is 407 g/mol. The molecule has 2 heterocycles. The van der Waals surface area contributed by atoms with Crippen LogP contribution in [0.15, 0.2) is 27.8 Å². The second-order valence-electron chi connectivity index (χ2n) is 6.37. The van der Waals surface area contributed by atoms with Crippen LogP contribution >= 0.6 is 11.6 Å². The summed E-state index contributed by atoms with van der Waals surface area (Å²) < 4.78 is 9.33. The van der Waals surface area contributed by atoms with Crippen molar-refractivity contribution in [2.45, 2.75) is 13.0 Å². The van der Waals surface area contributed by atoms with E-state index in [9.17, 15) is 9.59 Å². The van der Waals surface area contributed by atoms with Gasteiger partial charge in [0.2, 0.25) is 5.95 Å². The zero-order chi connectivity index (χ0) is 20.4. The number of aromatic nitrogens is 4. The van der Waals surface area contributed by atoms with Gasteiger partial charge in [0.1, 0.15) is 5.75 Å². The Balaban J connectivity index is 2.10. The molecule has 0 unspecified atom stereocenters. The van der Waals surface area contributed by atoms with E-state index in [-0.39, 0.29) is 13.2 Å². The number of aliphatic hydroxyl groups is 1. The molecular weight excluding hydrogens is 386 g/mol. The number of ether oxygens (including phenoxy) is 1. The summed E-state index contributed by atoms with van der Waals surface area (Å²) in [6.45, 7) is 0.626. The van der Waals surface area contributed by atoms with Crippen LogP contribution in [0.3, 0.4) is 0 Å². The fraction of sp³-hybridized carbons (Fsp3) is 0.389. The van der Waals surface area contributed by atoms with Crippen LogP contribution in [-0.4, -0.2) is 44.1 Å². The highest BCUT2D eigenvalue weighted by Crippen LogP contribution is 2.25. The molecule has 2 N–H and O–H groups in total. The Labute approximate surface area is 165 Å². The minimum atomic E-state index is -0.466. The molecule has 9 nitrogen and oxygen atoms in total. The van der Waals surface area contributed by atoms with Gasteiger partial charge in [-0.3, -0.25) is 13.9 Å². The third-order valence-corrected chi connectivity index (χ3v) is 4.85. The minimum Gasteiger partial charge on any atom is -0.495 e. The summed E-state index contributed by atoms with van der Waals surface area (Å²) in [5.41, 5.74) is 0.426. The molecule has 3 aromatic rings. The van der Waals surface area contributed by atoms with Gasteiger partial charge < -0.3 is 19.7 Å². The number of anilines is 1. The summed E-state index contributed by atoms with van der Waals surface area (Å²) in [7, 11) is 4.79. The van der Waals surface area contributed by atoms with Gasteiger partial charge in [0, 0.05) is 27.2 Å². The highest BCUT2D eigenvalue weighted by molar-refractivity contribution is 6.32. The van der Waals surface area contributed by atoms with Crippen molar-refractivity contribution < 1.29 is 9.84 Å². The number of aryl methyl sites for hydroxylation is 2. The van der Waals surface area contributed by atoms with Crippen LogP contribution in [0.25, 0.3) is 11.2 Å². The van der Waals surface area contributed by atoms with Crippen molar-refractivity contribution >= 4 is 28.7 Å². The summed E-state index contributed by atoms with van der Waals surface area (Å²) in [5.74, 6) is 0.933. The highest BCUT2D eigenvalue weighted by atomic mass is 35.5. The van der Waals surface area contributed by atoms with Gasteiger partial charge in [-0.2, -0.15) is 4.98 Å². The number of methoxy groups -OCH3 is 1. The first-order valence-electron chi connectivity index (χ1n) is 8.72. The molecule has 0 fully saturated rings. The maximum absolute atomic E-state index is 13.1. The van der Waals surface area contributed by atoms with Crippen LogP contribution in [0.4, 0.5) is 5.95 Å². The molecule has 0 saturated carbocycles. The van der Waals surface area contributed by atoms with E-state index in [1.165, 1.54) is 11.7 Å². The average molecular weight is 408 g/mol. The van der Waals surface area contributed by atoms with Crippen molar-refractivity contribution in [1.29, 1.82) is 0 Å². The number of nitrogens with one attached hydrogen (secondary N) is 1. The Hall–Kier alpha value is -2.78. The van der Waals surface area contributed by atoms with E-state index in [1.54, 1.807) is 36.9 Å². The fourth-order valence-corrected chi connectivity index (χ4v) is 3.20. The molecular formula is C18H22ClN5O4. The number of nitrogens with zero attached hydrogens (tertiary/aromatic N) is 4. The second kappa shape index (κ2) is 8.07. The molecule has 0 spiro atoms. The van der Waals surface area contributed by atoms with Crippen LogP contribution in [0.1, 0.15) is 12.0 Å². The number of aliphatic hydroxyl groups excluding tert-OH is 1. The number of halogens is 1. The van der Waals surface area contributed by atoms with E-state index in [0.717, 1.165) is 4.57 Å². The van der Waals surface area contributed by atoms with Crippen molar-refractivity contribution in [3.8, 4) is 5.75 Å². The summed E-state index contributed by atoms with van der Waals surface area (Å²) >= 11 is 6.05. The molecule has 1 aromatic carbocycles. The first kappa shape index (κ1) is 20.0. The zero-order valence-electron chi connectivity index (χ0n) is 15.9. The van der Waals surface area contributed by atoms with E-state index in [4.69, 9.17) is 21.4 Å². The molecule has 3 rings (SSSR count). The molecule has 0 radical (unpaired) electrons. The zero-order valence-corrected chi connectivity index (χ0v) is 16.7. The van der Waals surface area contributed by atoms with Crippen LogP contribution in [0.2, 0.25) is 5.02 Å². The van der Waals surface area contributed by atoms with Gasteiger partial charge in [0.05, 0.1) is 18.7 Å². The number of imidazole rings is 1. The predicted octanol–water partition coefficient (Wildman–Crippen LogP) is 0.938. The van der Waals surface area contributed by atoms with E-state index < -0.39 is 11.2 Å². The normalized spacial score (nSPS) is 11.2. The Morgan fingerprint density at radius 3 is 2.68 bits per heavy atom. The van der Waals surface area contributed by atoms with Crippen LogP contribution in [0.5, 0.6) is 5.75 Å². The fourth-order valence-electron chi connectivity index (χ4n) is 3.01. The lowest BCUT2D eigenvalue weighted by Crippen LogP contribution is -2.39. The third kappa shape index (κ3) is 3.50. The molecule has 0 aliphatic rings. The number of rotatable bonds is 7. The Morgan fingerprint density at radius 2 is 2.00 bits per heavy atom. The van der Waals surface area contributed by atoms with Gasteiger partial charge in [0.15, 0.2) is 11.2 Å². The van der Waals surface area contributed by atoms with Gasteiger partial charge in [0.25, 0.3) is 5.56 Å². The topological polar surface area (TPSA) is 103 Å². The summed E-state index contributed by atoms with van der Waals surface area (Å²) in [4.78, 5) is 30.2. The molecule has 150 valence electrons. The SMILES string of the molecule is COc1cc(Cn2c(=O)c3c(nc(NCCCO)n3C)n(C)c2=O)ccc1Cl. The molecule has 0 amide bonds. The van der Waals surface area contributed by atoms with Gasteiger partial charge in [-0.1, -0.05) is 17.7 Å². The van der Waals surface area contributed by atoms with E-state index in [1.807, 2.05) is 0 Å². The van der Waals surface area contributed by atoms with Gasteiger partial charge >= 0.3 is 5.69 Å². The summed E-state index contributed by atoms with van der Waals surface area (Å²) in [5, 5.41) is 12.4. The molecule has 0 aliphatic heterocycles. The standard InChI is InChI=1S/C18H22ClN5O4/c1-22-14-15(21-17(22)20-7-4-8-25)23(2)18(27)24(16(14)26)10-11-5-6-12(19)13(9-11)28-3/h5-6,9,25H,4,7-8,10H2,1-3H3,(H,20,21). The average Bonchev–Trinajstić information content (AvgIpc) is 3.01. The van der Waals surface area contributed by atoms with Crippen molar-refractivity contribution in [2.24, 2.45) is 14.1 Å². The maximum atomic E-state index is 13.1. The number of hydrogen-bond acceptors (Lipinski definition) is 6. The van der Waals surface area contributed by atoms with Gasteiger partial charge in [-0.05, 0) is 24.1 Å². The molecule has 0 atom stereocenters. The second-order valence-corrected chi connectivity index (χ2v) is 6.78. The van der Waals surface area contributed by atoms with Crippen molar-refractivity contribution in [2.75, 3.05) is 25.6 Å². The van der Waals surface area contributed by atoms with Gasteiger partial charge in [-0.15, -0.1) is 0 Å². The number of fused-ring (bicyclic) bond motifs is 1. The van der Waals surface area contributed by atoms with Crippen molar-refractivity contribution in [1.82, 2.24) is 18.7 Å². The minimum absolute atomic E-state index is 0.0484. The quantitative estimate of drug-likeness (QED) is 0.565. The molecule has 0 bridgehead atoms. The van der Waals surface area contributed by atoms with Crippen LogP contribution in [0, 0.1) is 0 Å². The van der Waals surface area contributed by atoms with Gasteiger partial charge in [-0.25, -0.2) is 4.79 Å². The number of hydrogen-bond donors (Lipinski definition) is 2. The summed E-state index contributed by atoms with van der Waals surface area (Å²) in [6, 6.07) is 5.10. The summed E-state index contributed by atoms with van der Waals surface area (Å²) in [6.07, 6.45) is 0.546. The van der Waals surface area contributed by atoms with E-state index in [2.05, 4.69) is 10.3 Å². The molecule has 0 saturated heterocycles. The highest BCUT2D eigenvalue weighted by Gasteiger charge is 2.18. The molecule has 0 aliphatic carbocycles. The Bertz CT molecular complexity index is 1130. The molecule has 28 heavy (non-hydrogen) atoms. The smallest absolute Gasteiger partial charge is 0.332 e. The Morgan fingerprint density at radius 1 is 1.25 bits per heavy atom. The van der Waals surface area contributed by atoms with Crippen LogP contribution in [-0.2, 0) is 20.6 Å². The predicted molar refractivity (Wildman–Crippen MR) is 108 cm³/mol. The van der Waals surface area contributed by atoms with Crippen molar-refractivity contribution in [3.63, 3.8) is 0 Å².